The third-order valence-corrected chi connectivity index (χ3v) is 2.95. The molecule has 1 saturated heterocycles. The van der Waals surface area contributed by atoms with E-state index in [1.165, 1.54) is 4.90 Å². The van der Waals surface area contributed by atoms with Gasteiger partial charge in [-0.1, -0.05) is 6.92 Å². The maximum absolute atomic E-state index is 11.4. The predicted molar refractivity (Wildman–Crippen MR) is 50.7 cm³/mol. The molecule has 0 aromatic carbocycles. The van der Waals surface area contributed by atoms with Crippen LogP contribution < -0.4 is 5.73 Å². The molecular formula is C9H16N2O3. The largest absolute Gasteiger partial charge is 0.479 e. The topological polar surface area (TPSA) is 83.6 Å². The highest BCUT2D eigenvalue weighted by Gasteiger charge is 2.47. The Morgan fingerprint density at radius 2 is 2.21 bits per heavy atom. The second-order valence-corrected chi connectivity index (χ2v) is 3.54. The first-order chi connectivity index (χ1) is 6.58. The third-order valence-electron chi connectivity index (χ3n) is 2.95. The number of amides is 1. The number of hydrogen-bond acceptors (Lipinski definition) is 3. The van der Waals surface area contributed by atoms with Crippen molar-refractivity contribution in [3.8, 4) is 0 Å². The fourth-order valence-corrected chi connectivity index (χ4v) is 2.09. The number of carboxylic acid groups (broad SMARTS) is 1. The fourth-order valence-electron chi connectivity index (χ4n) is 2.09. The molecule has 1 rings (SSSR count). The van der Waals surface area contributed by atoms with E-state index in [0.717, 1.165) is 6.42 Å². The highest BCUT2D eigenvalue weighted by atomic mass is 16.4. The van der Waals surface area contributed by atoms with E-state index in [1.807, 2.05) is 0 Å². The first kappa shape index (κ1) is 11.0. The molecule has 1 aliphatic heterocycles. The molecule has 1 atom stereocenters. The average Bonchev–Trinajstić information content (AvgIpc) is 2.61. The van der Waals surface area contributed by atoms with Crippen molar-refractivity contribution in [3.63, 3.8) is 0 Å². The predicted octanol–water partition coefficient (Wildman–Crippen LogP) is -0.199. The number of hydrogen-bond donors (Lipinski definition) is 2. The standard InChI is InChI=1S/C9H16N2O3/c1-2-9(8(13)14)4-3-5-11(9)7(12)6-10/h2-6,10H2,1H3,(H,13,14). The summed E-state index contributed by atoms with van der Waals surface area (Å²) in [5.41, 5.74) is 4.24. The quantitative estimate of drug-likeness (QED) is 0.661. The Morgan fingerprint density at radius 3 is 2.64 bits per heavy atom. The van der Waals surface area contributed by atoms with Gasteiger partial charge in [-0.15, -0.1) is 0 Å². The van der Waals surface area contributed by atoms with E-state index in [1.54, 1.807) is 6.92 Å². The first-order valence-electron chi connectivity index (χ1n) is 4.82. The molecule has 0 radical (unpaired) electrons. The summed E-state index contributed by atoms with van der Waals surface area (Å²) >= 11 is 0. The molecule has 0 spiro atoms. The maximum Gasteiger partial charge on any atom is 0.329 e. The van der Waals surface area contributed by atoms with Crippen LogP contribution in [0.4, 0.5) is 0 Å². The Morgan fingerprint density at radius 1 is 1.57 bits per heavy atom. The summed E-state index contributed by atoms with van der Waals surface area (Å²) < 4.78 is 0. The van der Waals surface area contributed by atoms with Crippen LogP contribution in [-0.4, -0.2) is 40.5 Å². The van der Waals surface area contributed by atoms with Crippen LogP contribution in [0, 0.1) is 0 Å². The van der Waals surface area contributed by atoms with Gasteiger partial charge in [-0.05, 0) is 19.3 Å². The minimum absolute atomic E-state index is 0.116. The van der Waals surface area contributed by atoms with Crippen molar-refractivity contribution in [2.75, 3.05) is 13.1 Å². The normalized spacial score (nSPS) is 26.6. The Balaban J connectivity index is 2.94. The summed E-state index contributed by atoms with van der Waals surface area (Å²) in [5, 5.41) is 9.14. The SMILES string of the molecule is CCC1(C(=O)O)CCCN1C(=O)CN. The van der Waals surface area contributed by atoms with Gasteiger partial charge in [-0.2, -0.15) is 0 Å². The van der Waals surface area contributed by atoms with Gasteiger partial charge in [0.1, 0.15) is 5.54 Å². The van der Waals surface area contributed by atoms with Gasteiger partial charge in [0.05, 0.1) is 6.54 Å². The molecule has 14 heavy (non-hydrogen) atoms. The molecule has 80 valence electrons. The molecule has 0 aromatic heterocycles. The number of nitrogens with two attached hydrogens (primary N) is 1. The number of carboxylic acids is 1. The summed E-state index contributed by atoms with van der Waals surface area (Å²) in [6, 6.07) is 0. The van der Waals surface area contributed by atoms with Gasteiger partial charge in [-0.25, -0.2) is 4.79 Å². The van der Waals surface area contributed by atoms with Crippen LogP contribution in [0.25, 0.3) is 0 Å². The summed E-state index contributed by atoms with van der Waals surface area (Å²) in [6.45, 7) is 2.18. The molecule has 5 nitrogen and oxygen atoms in total. The average molecular weight is 200 g/mol. The van der Waals surface area contributed by atoms with E-state index in [2.05, 4.69) is 0 Å². The Kier molecular flexibility index (Phi) is 3.10. The highest BCUT2D eigenvalue weighted by molar-refractivity contribution is 5.88. The lowest BCUT2D eigenvalue weighted by Crippen LogP contribution is -2.54. The Labute approximate surface area is 82.9 Å². The van der Waals surface area contributed by atoms with Crippen molar-refractivity contribution < 1.29 is 14.7 Å². The number of nitrogens with zero attached hydrogens (tertiary/aromatic N) is 1. The van der Waals surface area contributed by atoms with Crippen molar-refractivity contribution >= 4 is 11.9 Å². The molecule has 0 aromatic rings. The van der Waals surface area contributed by atoms with E-state index in [9.17, 15) is 9.59 Å². The minimum atomic E-state index is -1.00. The lowest BCUT2D eigenvalue weighted by Gasteiger charge is -2.33. The summed E-state index contributed by atoms with van der Waals surface area (Å²) in [7, 11) is 0. The van der Waals surface area contributed by atoms with Crippen molar-refractivity contribution in [2.24, 2.45) is 5.73 Å². The monoisotopic (exact) mass is 200 g/mol. The molecule has 1 heterocycles. The molecule has 0 aliphatic carbocycles. The van der Waals surface area contributed by atoms with Crippen LogP contribution in [0.2, 0.25) is 0 Å². The Bertz CT molecular complexity index is 254. The van der Waals surface area contributed by atoms with Gasteiger partial charge in [0, 0.05) is 6.54 Å². The molecule has 5 heteroatoms. The highest BCUT2D eigenvalue weighted by Crippen LogP contribution is 2.32. The first-order valence-corrected chi connectivity index (χ1v) is 4.82. The van der Waals surface area contributed by atoms with E-state index in [0.29, 0.717) is 19.4 Å². The summed E-state index contributed by atoms with van der Waals surface area (Å²) in [6.07, 6.45) is 1.71. The van der Waals surface area contributed by atoms with E-state index in [4.69, 9.17) is 10.8 Å². The van der Waals surface area contributed by atoms with Gasteiger partial charge in [-0.3, -0.25) is 4.79 Å². The molecule has 1 amide bonds. The number of carbonyl (C=O) groups is 2. The van der Waals surface area contributed by atoms with Gasteiger partial charge in [0.25, 0.3) is 0 Å². The minimum Gasteiger partial charge on any atom is -0.479 e. The molecule has 0 bridgehead atoms. The van der Waals surface area contributed by atoms with Crippen LogP contribution in [-0.2, 0) is 9.59 Å². The number of likely N-dealkylation sites (tertiary alicyclic amines) is 1. The lowest BCUT2D eigenvalue weighted by molar-refractivity contribution is -0.156. The summed E-state index contributed by atoms with van der Waals surface area (Å²) in [4.78, 5) is 24.0. The number of carbonyl (C=O) groups excluding carboxylic acids is 1. The summed E-state index contributed by atoms with van der Waals surface area (Å²) in [5.74, 6) is -1.19. The zero-order valence-corrected chi connectivity index (χ0v) is 8.32. The molecular weight excluding hydrogens is 184 g/mol. The molecule has 3 N–H and O–H groups in total. The zero-order valence-electron chi connectivity index (χ0n) is 8.32. The zero-order chi connectivity index (χ0) is 10.8. The smallest absolute Gasteiger partial charge is 0.329 e. The number of aliphatic carboxylic acids is 1. The maximum atomic E-state index is 11.4. The molecule has 0 saturated carbocycles. The van der Waals surface area contributed by atoms with Gasteiger partial charge in [0.2, 0.25) is 5.91 Å². The fraction of sp³-hybridized carbons (Fsp3) is 0.778. The molecule has 1 aliphatic rings. The van der Waals surface area contributed by atoms with Crippen LogP contribution in [0.5, 0.6) is 0 Å². The van der Waals surface area contributed by atoms with Crippen molar-refractivity contribution in [3.05, 3.63) is 0 Å². The molecule has 1 unspecified atom stereocenters. The Hall–Kier alpha value is -1.10. The van der Waals surface area contributed by atoms with Crippen molar-refractivity contribution in [1.82, 2.24) is 4.90 Å². The van der Waals surface area contributed by atoms with Gasteiger partial charge >= 0.3 is 5.97 Å². The third kappa shape index (κ3) is 1.48. The van der Waals surface area contributed by atoms with Crippen LogP contribution in [0.1, 0.15) is 26.2 Å². The van der Waals surface area contributed by atoms with Crippen LogP contribution in [0.15, 0.2) is 0 Å². The van der Waals surface area contributed by atoms with E-state index < -0.39 is 11.5 Å². The number of rotatable bonds is 3. The van der Waals surface area contributed by atoms with Crippen molar-refractivity contribution in [2.45, 2.75) is 31.7 Å². The van der Waals surface area contributed by atoms with E-state index >= 15 is 0 Å². The van der Waals surface area contributed by atoms with E-state index in [-0.39, 0.29) is 12.5 Å². The lowest BCUT2D eigenvalue weighted by atomic mass is 9.93. The van der Waals surface area contributed by atoms with Crippen LogP contribution >= 0.6 is 0 Å². The van der Waals surface area contributed by atoms with Crippen molar-refractivity contribution in [1.29, 1.82) is 0 Å². The molecule has 1 fully saturated rings. The van der Waals surface area contributed by atoms with Gasteiger partial charge in [0.15, 0.2) is 0 Å². The second-order valence-electron chi connectivity index (χ2n) is 3.54. The van der Waals surface area contributed by atoms with Gasteiger partial charge < -0.3 is 15.7 Å². The van der Waals surface area contributed by atoms with Crippen LogP contribution in [0.3, 0.4) is 0 Å². The second kappa shape index (κ2) is 3.96.